The first-order valence-electron chi connectivity index (χ1n) is 7.13. The molecule has 3 nitrogen and oxygen atoms in total. The summed E-state index contributed by atoms with van der Waals surface area (Å²) in [5.74, 6) is 0. The fourth-order valence-corrected chi connectivity index (χ4v) is 2.25. The maximum absolute atomic E-state index is 5.00. The summed E-state index contributed by atoms with van der Waals surface area (Å²) in [6.45, 7) is 8.25. The van der Waals surface area contributed by atoms with Gasteiger partial charge in [-0.2, -0.15) is 0 Å². The van der Waals surface area contributed by atoms with Gasteiger partial charge in [0.25, 0.3) is 0 Å². The van der Waals surface area contributed by atoms with Crippen LogP contribution in [0.5, 0.6) is 0 Å². The summed E-state index contributed by atoms with van der Waals surface area (Å²) in [6, 6.07) is 6.66. The molecule has 108 valence electrons. The summed E-state index contributed by atoms with van der Waals surface area (Å²) in [6.07, 6.45) is 2.42. The third-order valence-corrected chi connectivity index (χ3v) is 3.34. The first-order chi connectivity index (χ1) is 9.15. The summed E-state index contributed by atoms with van der Waals surface area (Å²) in [4.78, 5) is 2.35. The average Bonchev–Trinajstić information content (AvgIpc) is 2.37. The predicted molar refractivity (Wildman–Crippen MR) is 83.2 cm³/mol. The minimum absolute atomic E-state index is 0.794. The van der Waals surface area contributed by atoms with Crippen LogP contribution in [-0.4, -0.2) is 40.4 Å². The zero-order valence-electron chi connectivity index (χ0n) is 12.8. The molecule has 3 heteroatoms. The highest BCUT2D eigenvalue weighted by Gasteiger charge is 2.03. The lowest BCUT2D eigenvalue weighted by atomic mass is 10.1. The molecular weight excluding hydrogens is 236 g/mol. The van der Waals surface area contributed by atoms with Crippen LogP contribution in [0.4, 0.5) is 5.69 Å². The van der Waals surface area contributed by atoms with Gasteiger partial charge < -0.3 is 15.0 Å². The molecule has 0 aliphatic rings. The molecule has 0 aliphatic carbocycles. The van der Waals surface area contributed by atoms with Crippen LogP contribution >= 0.6 is 0 Å². The SMILES string of the molecule is COCCNCCCCN(C)c1ccc(C)cc1C. The number of unbranched alkanes of at least 4 members (excludes halogenated alkanes) is 1. The molecule has 0 bridgehead atoms. The number of hydrogen-bond acceptors (Lipinski definition) is 3. The van der Waals surface area contributed by atoms with Gasteiger partial charge in [-0.05, 0) is 44.9 Å². The lowest BCUT2D eigenvalue weighted by molar-refractivity contribution is 0.199. The lowest BCUT2D eigenvalue weighted by Crippen LogP contribution is -2.23. The number of ether oxygens (including phenoxy) is 1. The maximum Gasteiger partial charge on any atom is 0.0587 e. The third kappa shape index (κ3) is 6.08. The maximum atomic E-state index is 5.00. The molecule has 0 saturated heterocycles. The fraction of sp³-hybridized carbons (Fsp3) is 0.625. The molecule has 0 atom stereocenters. The number of hydrogen-bond donors (Lipinski definition) is 1. The number of nitrogens with one attached hydrogen (secondary N) is 1. The molecule has 0 saturated carbocycles. The van der Waals surface area contributed by atoms with Gasteiger partial charge in [-0.1, -0.05) is 17.7 Å². The lowest BCUT2D eigenvalue weighted by Gasteiger charge is -2.21. The molecule has 0 fully saturated rings. The molecule has 0 heterocycles. The van der Waals surface area contributed by atoms with E-state index in [0.29, 0.717) is 0 Å². The van der Waals surface area contributed by atoms with Gasteiger partial charge in [0.2, 0.25) is 0 Å². The van der Waals surface area contributed by atoms with Crippen LogP contribution in [0.2, 0.25) is 0 Å². The quantitative estimate of drug-likeness (QED) is 0.694. The van der Waals surface area contributed by atoms with Crippen molar-refractivity contribution >= 4 is 5.69 Å². The molecule has 0 spiro atoms. The van der Waals surface area contributed by atoms with E-state index in [1.54, 1.807) is 7.11 Å². The highest BCUT2D eigenvalue weighted by Crippen LogP contribution is 2.20. The number of benzene rings is 1. The Morgan fingerprint density at radius 2 is 1.95 bits per heavy atom. The standard InChI is InChI=1S/C16H28N2O/c1-14-7-8-16(15(2)13-14)18(3)11-6-5-9-17-10-12-19-4/h7-8,13,17H,5-6,9-12H2,1-4H3. The first kappa shape index (κ1) is 16.0. The normalized spacial score (nSPS) is 10.7. The van der Waals surface area contributed by atoms with Crippen LogP contribution in [-0.2, 0) is 4.74 Å². The van der Waals surface area contributed by atoms with Crippen LogP contribution < -0.4 is 10.2 Å². The van der Waals surface area contributed by atoms with Crippen molar-refractivity contribution in [3.8, 4) is 0 Å². The highest BCUT2D eigenvalue weighted by molar-refractivity contribution is 5.53. The number of methoxy groups -OCH3 is 1. The number of nitrogens with zero attached hydrogens (tertiary/aromatic N) is 1. The smallest absolute Gasteiger partial charge is 0.0587 e. The molecule has 0 aliphatic heterocycles. The van der Waals surface area contributed by atoms with Crippen molar-refractivity contribution in [3.05, 3.63) is 29.3 Å². The summed E-state index contributed by atoms with van der Waals surface area (Å²) in [5, 5.41) is 3.38. The molecule has 1 aromatic carbocycles. The molecule has 0 aromatic heterocycles. The van der Waals surface area contributed by atoms with E-state index < -0.39 is 0 Å². The van der Waals surface area contributed by atoms with E-state index in [1.807, 2.05) is 0 Å². The fourth-order valence-electron chi connectivity index (χ4n) is 2.25. The number of anilines is 1. The summed E-state index contributed by atoms with van der Waals surface area (Å²) in [7, 11) is 3.91. The van der Waals surface area contributed by atoms with Crippen molar-refractivity contribution in [1.29, 1.82) is 0 Å². The predicted octanol–water partition coefficient (Wildman–Crippen LogP) is 2.76. The Bertz CT molecular complexity index is 366. The Morgan fingerprint density at radius 3 is 2.63 bits per heavy atom. The second-order valence-electron chi connectivity index (χ2n) is 5.16. The second-order valence-corrected chi connectivity index (χ2v) is 5.16. The minimum atomic E-state index is 0.794. The van der Waals surface area contributed by atoms with E-state index >= 15 is 0 Å². The van der Waals surface area contributed by atoms with Crippen LogP contribution in [0.15, 0.2) is 18.2 Å². The molecule has 1 aromatic rings. The van der Waals surface area contributed by atoms with Crippen molar-refractivity contribution in [2.45, 2.75) is 26.7 Å². The average molecular weight is 264 g/mol. The Hall–Kier alpha value is -1.06. The molecule has 1 rings (SSSR count). The van der Waals surface area contributed by atoms with Crippen LogP contribution in [0.3, 0.4) is 0 Å². The molecule has 0 unspecified atom stereocenters. The van der Waals surface area contributed by atoms with E-state index in [-0.39, 0.29) is 0 Å². The van der Waals surface area contributed by atoms with Gasteiger partial charge in [-0.25, -0.2) is 0 Å². The van der Waals surface area contributed by atoms with Gasteiger partial charge in [0.15, 0.2) is 0 Å². The second kappa shape index (κ2) is 8.94. The van der Waals surface area contributed by atoms with E-state index in [9.17, 15) is 0 Å². The van der Waals surface area contributed by atoms with Gasteiger partial charge in [0, 0.05) is 32.9 Å². The Morgan fingerprint density at radius 1 is 1.16 bits per heavy atom. The molecule has 1 N–H and O–H groups in total. The molecular formula is C16H28N2O. The van der Waals surface area contributed by atoms with Crippen molar-refractivity contribution in [3.63, 3.8) is 0 Å². The highest BCUT2D eigenvalue weighted by atomic mass is 16.5. The molecule has 0 radical (unpaired) electrons. The zero-order valence-corrected chi connectivity index (χ0v) is 12.8. The topological polar surface area (TPSA) is 24.5 Å². The van der Waals surface area contributed by atoms with Gasteiger partial charge >= 0.3 is 0 Å². The first-order valence-corrected chi connectivity index (χ1v) is 7.13. The van der Waals surface area contributed by atoms with Gasteiger partial charge in [-0.3, -0.25) is 0 Å². The van der Waals surface area contributed by atoms with Crippen LogP contribution in [0, 0.1) is 13.8 Å². The van der Waals surface area contributed by atoms with E-state index in [0.717, 1.165) is 26.2 Å². The van der Waals surface area contributed by atoms with Crippen molar-refractivity contribution in [1.82, 2.24) is 5.32 Å². The van der Waals surface area contributed by atoms with E-state index in [1.165, 1.54) is 29.7 Å². The van der Waals surface area contributed by atoms with E-state index in [2.05, 4.69) is 49.3 Å². The van der Waals surface area contributed by atoms with Gasteiger partial charge in [0.05, 0.1) is 6.61 Å². The Balaban J connectivity index is 2.22. The monoisotopic (exact) mass is 264 g/mol. The molecule has 19 heavy (non-hydrogen) atoms. The summed E-state index contributed by atoms with van der Waals surface area (Å²) < 4.78 is 5.00. The molecule has 0 amide bonds. The van der Waals surface area contributed by atoms with E-state index in [4.69, 9.17) is 4.74 Å². The third-order valence-electron chi connectivity index (χ3n) is 3.34. The number of rotatable bonds is 9. The Kier molecular flexibility index (Phi) is 7.53. The van der Waals surface area contributed by atoms with Crippen molar-refractivity contribution < 1.29 is 4.74 Å². The van der Waals surface area contributed by atoms with Crippen molar-refractivity contribution in [2.75, 3.05) is 45.3 Å². The summed E-state index contributed by atoms with van der Waals surface area (Å²) in [5.41, 5.74) is 4.04. The number of aryl methyl sites for hydroxylation is 2. The van der Waals surface area contributed by atoms with Crippen LogP contribution in [0.25, 0.3) is 0 Å². The van der Waals surface area contributed by atoms with Gasteiger partial charge in [-0.15, -0.1) is 0 Å². The summed E-state index contributed by atoms with van der Waals surface area (Å²) >= 11 is 0. The largest absolute Gasteiger partial charge is 0.383 e. The Labute approximate surface area is 118 Å². The van der Waals surface area contributed by atoms with Crippen molar-refractivity contribution in [2.24, 2.45) is 0 Å². The zero-order chi connectivity index (χ0) is 14.1. The minimum Gasteiger partial charge on any atom is -0.383 e. The van der Waals surface area contributed by atoms with Crippen LogP contribution in [0.1, 0.15) is 24.0 Å². The van der Waals surface area contributed by atoms with Gasteiger partial charge in [0.1, 0.15) is 0 Å².